The molecule has 3 nitrogen and oxygen atoms in total. The number of nitrogens with zero attached hydrogens (tertiary/aromatic N) is 1. The molecular formula is C7H12F2N2O. The molecule has 0 saturated carbocycles. The molecule has 0 radical (unpaired) electrons. The van der Waals surface area contributed by atoms with Crippen molar-refractivity contribution in [3.05, 3.63) is 0 Å². The van der Waals surface area contributed by atoms with Crippen molar-refractivity contribution in [2.75, 3.05) is 20.1 Å². The number of likely N-dealkylation sites (N-methyl/N-ethyl adjacent to an activating group) is 1. The molecule has 0 spiro atoms. The van der Waals surface area contributed by atoms with E-state index in [0.717, 1.165) is 6.42 Å². The first kappa shape index (κ1) is 9.38. The van der Waals surface area contributed by atoms with E-state index in [4.69, 9.17) is 0 Å². The minimum atomic E-state index is -2.86. The lowest BCUT2D eigenvalue weighted by atomic mass is 10.3. The molecule has 1 saturated heterocycles. The van der Waals surface area contributed by atoms with E-state index >= 15 is 0 Å². The van der Waals surface area contributed by atoms with Crippen LogP contribution < -0.4 is 5.32 Å². The van der Waals surface area contributed by atoms with Gasteiger partial charge in [0.05, 0.1) is 0 Å². The van der Waals surface area contributed by atoms with Crippen LogP contribution in [0.25, 0.3) is 0 Å². The minimum Gasteiger partial charge on any atom is -0.336 e. The molecule has 1 unspecified atom stereocenters. The Kier molecular flexibility index (Phi) is 2.97. The van der Waals surface area contributed by atoms with Gasteiger partial charge in [0.25, 0.3) is 5.91 Å². The van der Waals surface area contributed by atoms with Crippen molar-refractivity contribution in [3.63, 3.8) is 0 Å². The van der Waals surface area contributed by atoms with Crippen molar-refractivity contribution >= 4 is 5.91 Å². The molecule has 1 aliphatic heterocycles. The maximum absolute atomic E-state index is 11.9. The van der Waals surface area contributed by atoms with E-state index in [-0.39, 0.29) is 6.04 Å². The molecule has 0 aromatic carbocycles. The monoisotopic (exact) mass is 178 g/mol. The first-order chi connectivity index (χ1) is 5.65. The molecule has 12 heavy (non-hydrogen) atoms. The highest BCUT2D eigenvalue weighted by Gasteiger charge is 2.29. The second-order valence-electron chi connectivity index (χ2n) is 2.86. The van der Waals surface area contributed by atoms with Gasteiger partial charge in [-0.2, -0.15) is 8.78 Å². The molecule has 1 heterocycles. The number of likely N-dealkylation sites (tertiary alicyclic amines) is 1. The number of nitrogens with one attached hydrogen (secondary N) is 1. The van der Waals surface area contributed by atoms with Crippen LogP contribution in [-0.4, -0.2) is 43.4 Å². The van der Waals surface area contributed by atoms with Crippen molar-refractivity contribution in [1.29, 1.82) is 0 Å². The summed E-state index contributed by atoms with van der Waals surface area (Å²) in [6.07, 6.45) is -2.10. The summed E-state index contributed by atoms with van der Waals surface area (Å²) in [5.41, 5.74) is 0. The maximum atomic E-state index is 11.9. The highest BCUT2D eigenvalue weighted by atomic mass is 19.3. The normalized spacial score (nSPS) is 23.7. The van der Waals surface area contributed by atoms with E-state index in [2.05, 4.69) is 5.32 Å². The second kappa shape index (κ2) is 3.80. The van der Waals surface area contributed by atoms with Gasteiger partial charge in [0.1, 0.15) is 0 Å². The molecule has 5 heteroatoms. The standard InChI is InChI=1S/C7H12F2N2O/c1-10-5-2-3-11(4-5)7(12)6(8)9/h5-6,10H,2-4H2,1H3. The van der Waals surface area contributed by atoms with Gasteiger partial charge in [-0.1, -0.05) is 0 Å². The highest BCUT2D eigenvalue weighted by molar-refractivity contribution is 5.79. The molecule has 0 aromatic heterocycles. The molecular weight excluding hydrogens is 166 g/mol. The van der Waals surface area contributed by atoms with Gasteiger partial charge < -0.3 is 10.2 Å². The summed E-state index contributed by atoms with van der Waals surface area (Å²) in [7, 11) is 1.76. The van der Waals surface area contributed by atoms with Gasteiger partial charge in [-0.05, 0) is 13.5 Å². The van der Waals surface area contributed by atoms with Crippen LogP contribution >= 0.6 is 0 Å². The average molecular weight is 178 g/mol. The Bertz CT molecular complexity index is 175. The van der Waals surface area contributed by atoms with Crippen molar-refractivity contribution in [2.45, 2.75) is 18.9 Å². The molecule has 70 valence electrons. The highest BCUT2D eigenvalue weighted by Crippen LogP contribution is 2.11. The zero-order valence-electron chi connectivity index (χ0n) is 6.89. The fourth-order valence-electron chi connectivity index (χ4n) is 1.33. The number of carbonyl (C=O) groups excluding carboxylic acids is 1. The van der Waals surface area contributed by atoms with Crippen molar-refractivity contribution in [3.8, 4) is 0 Å². The van der Waals surface area contributed by atoms with Gasteiger partial charge in [-0.3, -0.25) is 4.79 Å². The number of rotatable bonds is 2. The largest absolute Gasteiger partial charge is 0.336 e. The van der Waals surface area contributed by atoms with E-state index < -0.39 is 12.3 Å². The summed E-state index contributed by atoms with van der Waals surface area (Å²) in [5.74, 6) is -1.05. The predicted octanol–water partition coefficient (Wildman–Crippen LogP) is 0.0718. The van der Waals surface area contributed by atoms with Crippen LogP contribution in [0.3, 0.4) is 0 Å². The molecule has 0 aliphatic carbocycles. The van der Waals surface area contributed by atoms with Crippen molar-refractivity contribution in [2.24, 2.45) is 0 Å². The first-order valence-corrected chi connectivity index (χ1v) is 3.89. The minimum absolute atomic E-state index is 0.174. The molecule has 0 aromatic rings. The molecule has 1 amide bonds. The van der Waals surface area contributed by atoms with Crippen LogP contribution in [0.5, 0.6) is 0 Å². The van der Waals surface area contributed by atoms with Crippen LogP contribution in [0, 0.1) is 0 Å². The van der Waals surface area contributed by atoms with Gasteiger partial charge in [0.2, 0.25) is 0 Å². The van der Waals surface area contributed by atoms with Crippen LogP contribution in [0.15, 0.2) is 0 Å². The number of hydrogen-bond donors (Lipinski definition) is 1. The summed E-state index contributed by atoms with van der Waals surface area (Å²) < 4.78 is 23.8. The van der Waals surface area contributed by atoms with Crippen LogP contribution in [-0.2, 0) is 4.79 Å². The fourth-order valence-corrected chi connectivity index (χ4v) is 1.33. The molecule has 1 rings (SSSR count). The molecule has 1 fully saturated rings. The average Bonchev–Trinajstić information content (AvgIpc) is 2.50. The van der Waals surface area contributed by atoms with Gasteiger partial charge >= 0.3 is 6.43 Å². The number of amides is 1. The predicted molar refractivity (Wildman–Crippen MR) is 40.0 cm³/mol. The van der Waals surface area contributed by atoms with Crippen LogP contribution in [0.1, 0.15) is 6.42 Å². The van der Waals surface area contributed by atoms with Gasteiger partial charge in [0, 0.05) is 19.1 Å². The van der Waals surface area contributed by atoms with Crippen LogP contribution in [0.4, 0.5) is 8.78 Å². The summed E-state index contributed by atoms with van der Waals surface area (Å²) >= 11 is 0. The van der Waals surface area contributed by atoms with Crippen LogP contribution in [0.2, 0.25) is 0 Å². The summed E-state index contributed by atoms with van der Waals surface area (Å²) in [6, 6.07) is 0.174. The first-order valence-electron chi connectivity index (χ1n) is 3.89. The zero-order chi connectivity index (χ0) is 9.14. The topological polar surface area (TPSA) is 32.3 Å². The number of alkyl halides is 2. The Balaban J connectivity index is 2.41. The Hall–Kier alpha value is -0.710. The van der Waals surface area contributed by atoms with E-state index in [1.54, 1.807) is 7.05 Å². The van der Waals surface area contributed by atoms with E-state index in [1.165, 1.54) is 4.90 Å². The summed E-state index contributed by atoms with van der Waals surface area (Å²) in [5, 5.41) is 2.95. The number of hydrogen-bond acceptors (Lipinski definition) is 2. The summed E-state index contributed by atoms with van der Waals surface area (Å²) in [6.45, 7) is 0.842. The van der Waals surface area contributed by atoms with E-state index in [0.29, 0.717) is 13.1 Å². The third-order valence-electron chi connectivity index (χ3n) is 2.09. The van der Waals surface area contributed by atoms with Gasteiger partial charge in [-0.15, -0.1) is 0 Å². The maximum Gasteiger partial charge on any atom is 0.315 e. The SMILES string of the molecule is CNC1CCN(C(=O)C(F)F)C1. The fraction of sp³-hybridized carbons (Fsp3) is 0.857. The van der Waals surface area contributed by atoms with Gasteiger partial charge in [0.15, 0.2) is 0 Å². The van der Waals surface area contributed by atoms with Crippen molar-refractivity contribution in [1.82, 2.24) is 10.2 Å². The van der Waals surface area contributed by atoms with E-state index in [9.17, 15) is 13.6 Å². The molecule has 0 bridgehead atoms. The van der Waals surface area contributed by atoms with E-state index in [1.807, 2.05) is 0 Å². The second-order valence-corrected chi connectivity index (χ2v) is 2.86. The Morgan fingerprint density at radius 2 is 2.33 bits per heavy atom. The Morgan fingerprint density at radius 3 is 2.75 bits per heavy atom. The number of carbonyl (C=O) groups is 1. The lowest BCUT2D eigenvalue weighted by Crippen LogP contribution is -2.36. The molecule has 1 N–H and O–H groups in total. The third-order valence-corrected chi connectivity index (χ3v) is 2.09. The molecule has 1 atom stereocenters. The lowest BCUT2D eigenvalue weighted by Gasteiger charge is -2.15. The van der Waals surface area contributed by atoms with Gasteiger partial charge in [-0.25, -0.2) is 0 Å². The Labute approximate surface area is 69.7 Å². The summed E-state index contributed by atoms with van der Waals surface area (Å²) in [4.78, 5) is 12.0. The Morgan fingerprint density at radius 1 is 1.67 bits per heavy atom. The van der Waals surface area contributed by atoms with Crippen molar-refractivity contribution < 1.29 is 13.6 Å². The smallest absolute Gasteiger partial charge is 0.315 e. The lowest BCUT2D eigenvalue weighted by molar-refractivity contribution is -0.141. The third kappa shape index (κ3) is 1.91. The number of halogens is 2. The quantitative estimate of drug-likeness (QED) is 0.649. The molecule has 1 aliphatic rings. The zero-order valence-corrected chi connectivity index (χ0v) is 6.89.